The van der Waals surface area contributed by atoms with Gasteiger partial charge in [-0.15, -0.1) is 10.2 Å². The average Bonchev–Trinajstić information content (AvgIpc) is 3.15. The Morgan fingerprint density at radius 3 is 3.00 bits per heavy atom. The molecular weight excluding hydrogens is 314 g/mol. The van der Waals surface area contributed by atoms with E-state index in [-0.39, 0.29) is 17.6 Å². The smallest absolute Gasteiger partial charge is 0.231 e. The molecule has 0 aromatic carbocycles. The molecular formula is C15H17N5O2S. The molecule has 23 heavy (non-hydrogen) atoms. The lowest BCUT2D eigenvalue weighted by molar-refractivity contribution is -0.119. The van der Waals surface area contributed by atoms with Gasteiger partial charge in [-0.25, -0.2) is 0 Å². The van der Waals surface area contributed by atoms with Crippen molar-refractivity contribution in [1.29, 1.82) is 5.26 Å². The minimum absolute atomic E-state index is 0.173. The first-order valence-corrected chi connectivity index (χ1v) is 8.30. The number of thioether (sulfide) groups is 1. The van der Waals surface area contributed by atoms with E-state index < -0.39 is 5.54 Å². The third kappa shape index (κ3) is 3.24. The summed E-state index contributed by atoms with van der Waals surface area (Å²) in [4.78, 5) is 12.1. The van der Waals surface area contributed by atoms with Gasteiger partial charge in [0.1, 0.15) is 5.54 Å². The molecule has 1 aliphatic rings. The maximum atomic E-state index is 12.1. The Kier molecular flexibility index (Phi) is 4.13. The van der Waals surface area contributed by atoms with E-state index in [0.717, 1.165) is 12.8 Å². The maximum Gasteiger partial charge on any atom is 0.231 e. The lowest BCUT2D eigenvalue weighted by Gasteiger charge is -2.22. The second-order valence-electron chi connectivity index (χ2n) is 5.77. The number of nitrogens with one attached hydrogen (secondary N) is 1. The summed E-state index contributed by atoms with van der Waals surface area (Å²) in [6.45, 7) is 1.78. The third-order valence-electron chi connectivity index (χ3n) is 3.93. The zero-order valence-electron chi connectivity index (χ0n) is 12.9. The Morgan fingerprint density at radius 2 is 2.39 bits per heavy atom. The molecule has 0 saturated heterocycles. The molecule has 120 valence electrons. The van der Waals surface area contributed by atoms with E-state index in [1.165, 1.54) is 11.8 Å². The molecule has 1 atom stereocenters. The predicted molar refractivity (Wildman–Crippen MR) is 84.3 cm³/mol. The topological polar surface area (TPSA) is 96.7 Å². The van der Waals surface area contributed by atoms with Gasteiger partial charge in [0.05, 0.1) is 18.1 Å². The quantitative estimate of drug-likeness (QED) is 0.813. The molecule has 7 nitrogen and oxygen atoms in total. The first-order valence-electron chi connectivity index (χ1n) is 7.32. The van der Waals surface area contributed by atoms with Crippen molar-refractivity contribution in [3.8, 4) is 17.7 Å². The number of amides is 1. The van der Waals surface area contributed by atoms with Gasteiger partial charge in [-0.2, -0.15) is 5.26 Å². The van der Waals surface area contributed by atoms with Crippen LogP contribution in [0.2, 0.25) is 0 Å². The third-order valence-corrected chi connectivity index (χ3v) is 4.95. The van der Waals surface area contributed by atoms with Crippen LogP contribution in [0.25, 0.3) is 11.6 Å². The first-order chi connectivity index (χ1) is 11.0. The molecule has 0 aliphatic heterocycles. The highest BCUT2D eigenvalue weighted by Gasteiger charge is 2.42. The molecule has 0 radical (unpaired) electrons. The lowest BCUT2D eigenvalue weighted by atomic mass is 9.98. The van der Waals surface area contributed by atoms with Crippen LogP contribution in [0.15, 0.2) is 28.0 Å². The van der Waals surface area contributed by atoms with E-state index in [1.54, 1.807) is 29.9 Å². The number of hydrogen-bond acceptors (Lipinski definition) is 6. The molecule has 2 heterocycles. The number of nitriles is 1. The number of aromatic nitrogens is 3. The molecule has 1 fully saturated rings. The summed E-state index contributed by atoms with van der Waals surface area (Å²) in [6.07, 6.45) is 3.56. The molecule has 1 aliphatic carbocycles. The summed E-state index contributed by atoms with van der Waals surface area (Å²) in [6, 6.07) is 5.80. The van der Waals surface area contributed by atoms with E-state index in [9.17, 15) is 10.1 Å². The SMILES string of the molecule is Cn1c(SCC(=O)N[C@](C)(C#N)C2CC2)nnc1-c1ccco1. The lowest BCUT2D eigenvalue weighted by Crippen LogP contribution is -2.47. The summed E-state index contributed by atoms with van der Waals surface area (Å²) < 4.78 is 7.08. The number of nitrogens with zero attached hydrogens (tertiary/aromatic N) is 4. The van der Waals surface area contributed by atoms with Gasteiger partial charge in [0.25, 0.3) is 0 Å². The van der Waals surface area contributed by atoms with E-state index in [1.807, 2.05) is 7.05 Å². The molecule has 0 bridgehead atoms. The zero-order valence-corrected chi connectivity index (χ0v) is 13.8. The summed E-state index contributed by atoms with van der Waals surface area (Å²) >= 11 is 1.28. The van der Waals surface area contributed by atoms with Crippen LogP contribution >= 0.6 is 11.8 Å². The van der Waals surface area contributed by atoms with Crippen molar-refractivity contribution in [1.82, 2.24) is 20.1 Å². The molecule has 2 aromatic rings. The second kappa shape index (κ2) is 6.08. The normalized spacial score (nSPS) is 16.6. The highest BCUT2D eigenvalue weighted by Crippen LogP contribution is 2.39. The van der Waals surface area contributed by atoms with Gasteiger partial charge in [-0.1, -0.05) is 11.8 Å². The van der Waals surface area contributed by atoms with Crippen LogP contribution in [-0.4, -0.2) is 32.0 Å². The van der Waals surface area contributed by atoms with Crippen LogP contribution in [-0.2, 0) is 11.8 Å². The first kappa shape index (κ1) is 15.6. The molecule has 8 heteroatoms. The summed E-state index contributed by atoms with van der Waals surface area (Å²) in [5.74, 6) is 1.52. The summed E-state index contributed by atoms with van der Waals surface area (Å²) in [5, 5.41) is 20.9. The number of carbonyl (C=O) groups is 1. The maximum absolute atomic E-state index is 12.1. The Labute approximate surface area is 138 Å². The van der Waals surface area contributed by atoms with Crippen molar-refractivity contribution in [3.05, 3.63) is 18.4 Å². The highest BCUT2D eigenvalue weighted by molar-refractivity contribution is 7.99. The van der Waals surface area contributed by atoms with E-state index in [2.05, 4.69) is 21.6 Å². The Bertz CT molecular complexity index is 745. The van der Waals surface area contributed by atoms with Crippen LogP contribution in [0.4, 0.5) is 0 Å². The summed E-state index contributed by atoms with van der Waals surface area (Å²) in [5.41, 5.74) is -0.767. The van der Waals surface area contributed by atoms with Crippen molar-refractivity contribution < 1.29 is 9.21 Å². The highest BCUT2D eigenvalue weighted by atomic mass is 32.2. The van der Waals surface area contributed by atoms with Crippen molar-refractivity contribution in [3.63, 3.8) is 0 Å². The van der Waals surface area contributed by atoms with Crippen molar-refractivity contribution in [2.75, 3.05) is 5.75 Å². The van der Waals surface area contributed by atoms with Crippen LogP contribution in [0.1, 0.15) is 19.8 Å². The Balaban J connectivity index is 1.61. The minimum atomic E-state index is -0.767. The zero-order chi connectivity index (χ0) is 16.4. The standard InChI is InChI=1S/C15H17N5O2S/c1-15(9-16,10-5-6-10)17-12(21)8-23-14-19-18-13(20(14)2)11-4-3-7-22-11/h3-4,7,10H,5-6,8H2,1-2H3,(H,17,21)/t15-/m1/s1. The largest absolute Gasteiger partial charge is 0.461 e. The van der Waals surface area contributed by atoms with Crippen molar-refractivity contribution in [2.45, 2.75) is 30.5 Å². The van der Waals surface area contributed by atoms with Gasteiger partial charge in [-0.3, -0.25) is 4.79 Å². The number of hydrogen-bond donors (Lipinski definition) is 1. The fourth-order valence-corrected chi connectivity index (χ4v) is 3.11. The molecule has 0 unspecified atom stereocenters. The van der Waals surface area contributed by atoms with Crippen LogP contribution < -0.4 is 5.32 Å². The van der Waals surface area contributed by atoms with Gasteiger partial charge in [0.15, 0.2) is 16.7 Å². The number of furan rings is 1. The monoisotopic (exact) mass is 331 g/mol. The van der Waals surface area contributed by atoms with Gasteiger partial charge in [0, 0.05) is 7.05 Å². The minimum Gasteiger partial charge on any atom is -0.461 e. The molecule has 2 aromatic heterocycles. The van der Waals surface area contributed by atoms with Crippen LogP contribution in [0.3, 0.4) is 0 Å². The van der Waals surface area contributed by atoms with Crippen LogP contribution in [0, 0.1) is 17.2 Å². The summed E-state index contributed by atoms with van der Waals surface area (Å²) in [7, 11) is 1.82. The van der Waals surface area contributed by atoms with Crippen molar-refractivity contribution >= 4 is 17.7 Å². The molecule has 0 spiro atoms. The molecule has 3 rings (SSSR count). The fourth-order valence-electron chi connectivity index (χ4n) is 2.40. The van der Waals surface area contributed by atoms with Gasteiger partial charge in [-0.05, 0) is 37.8 Å². The Morgan fingerprint density at radius 1 is 1.61 bits per heavy atom. The van der Waals surface area contributed by atoms with Gasteiger partial charge in [0.2, 0.25) is 5.91 Å². The fraction of sp³-hybridized carbons (Fsp3) is 0.467. The van der Waals surface area contributed by atoms with E-state index in [0.29, 0.717) is 16.7 Å². The van der Waals surface area contributed by atoms with Crippen molar-refractivity contribution in [2.24, 2.45) is 13.0 Å². The van der Waals surface area contributed by atoms with E-state index in [4.69, 9.17) is 4.42 Å². The second-order valence-corrected chi connectivity index (χ2v) is 6.71. The average molecular weight is 331 g/mol. The van der Waals surface area contributed by atoms with E-state index >= 15 is 0 Å². The molecule has 1 saturated carbocycles. The van der Waals surface area contributed by atoms with Gasteiger partial charge >= 0.3 is 0 Å². The predicted octanol–water partition coefficient (Wildman–Crippen LogP) is 1.98. The number of rotatable bonds is 6. The van der Waals surface area contributed by atoms with Gasteiger partial charge < -0.3 is 14.3 Å². The number of carbonyl (C=O) groups excluding carboxylic acids is 1. The Hall–Kier alpha value is -2.27. The van der Waals surface area contributed by atoms with Crippen LogP contribution in [0.5, 0.6) is 0 Å². The molecule has 1 amide bonds. The molecule has 1 N–H and O–H groups in total.